The Balaban J connectivity index is 1.80. The highest BCUT2D eigenvalue weighted by Gasteiger charge is 2.12. The van der Waals surface area contributed by atoms with Crippen molar-refractivity contribution in [2.45, 2.75) is 26.6 Å². The molecule has 0 saturated heterocycles. The Morgan fingerprint density at radius 1 is 1.04 bits per heavy atom. The maximum absolute atomic E-state index is 11.6. The predicted octanol–water partition coefficient (Wildman–Crippen LogP) is 5.02. The summed E-state index contributed by atoms with van der Waals surface area (Å²) in [5.74, 6) is -0.383. The van der Waals surface area contributed by atoms with Gasteiger partial charge in [-0.05, 0) is 47.0 Å². The molecule has 0 radical (unpaired) electrons. The van der Waals surface area contributed by atoms with E-state index >= 15 is 0 Å². The van der Waals surface area contributed by atoms with Gasteiger partial charge in [0.1, 0.15) is 6.10 Å². The molecule has 3 heteroatoms. The lowest BCUT2D eigenvalue weighted by Crippen LogP contribution is -2.20. The lowest BCUT2D eigenvalue weighted by Gasteiger charge is -2.15. The molecule has 0 aromatic heterocycles. The maximum Gasteiger partial charge on any atom is 0.333 e. The second kappa shape index (κ2) is 7.49. The molecule has 0 amide bonds. The molecule has 0 spiro atoms. The molecule has 3 nitrogen and oxygen atoms in total. The summed E-state index contributed by atoms with van der Waals surface area (Å²) < 4.78 is 11.1. The number of carbonyl (C=O) groups is 1. The van der Waals surface area contributed by atoms with Crippen molar-refractivity contribution >= 4 is 27.5 Å². The molecule has 3 aromatic rings. The van der Waals surface area contributed by atoms with Crippen LogP contribution in [0.1, 0.15) is 19.4 Å². The van der Waals surface area contributed by atoms with Crippen LogP contribution in [0.2, 0.25) is 0 Å². The molecule has 0 aliphatic heterocycles. The van der Waals surface area contributed by atoms with Crippen molar-refractivity contribution in [3.05, 3.63) is 72.3 Å². The second-order valence-corrected chi connectivity index (χ2v) is 6.31. The molecule has 0 aliphatic carbocycles. The monoisotopic (exact) mass is 334 g/mol. The topological polar surface area (TPSA) is 35.5 Å². The fourth-order valence-electron chi connectivity index (χ4n) is 2.91. The highest BCUT2D eigenvalue weighted by molar-refractivity contribution is 6.02. The van der Waals surface area contributed by atoms with Crippen LogP contribution in [0, 0.1) is 0 Å². The molecule has 0 N–H and O–H groups in total. The van der Waals surface area contributed by atoms with Crippen LogP contribution in [0.15, 0.2) is 66.7 Å². The SMILES string of the molecule is C=C(C)C(=O)OC(C)COCc1c2ccccc2cc2ccccc12. The Hall–Kier alpha value is -2.65. The van der Waals surface area contributed by atoms with Gasteiger partial charge in [0.05, 0.1) is 13.2 Å². The van der Waals surface area contributed by atoms with Crippen LogP contribution in [0.25, 0.3) is 21.5 Å². The fourth-order valence-corrected chi connectivity index (χ4v) is 2.91. The average Bonchev–Trinajstić information content (AvgIpc) is 2.61. The molecular formula is C22H22O3. The number of esters is 1. The molecule has 0 fully saturated rings. The van der Waals surface area contributed by atoms with Gasteiger partial charge < -0.3 is 9.47 Å². The Morgan fingerprint density at radius 3 is 2.16 bits per heavy atom. The average molecular weight is 334 g/mol. The molecule has 0 heterocycles. The van der Waals surface area contributed by atoms with Gasteiger partial charge in [-0.3, -0.25) is 0 Å². The van der Waals surface area contributed by atoms with Crippen molar-refractivity contribution in [2.75, 3.05) is 6.61 Å². The zero-order chi connectivity index (χ0) is 17.8. The molecule has 1 unspecified atom stereocenters. The minimum atomic E-state index is -0.383. The third-order valence-electron chi connectivity index (χ3n) is 4.14. The number of hydrogen-bond donors (Lipinski definition) is 0. The first kappa shape index (κ1) is 17.2. The molecular weight excluding hydrogens is 312 g/mol. The third kappa shape index (κ3) is 3.89. The Bertz CT molecular complexity index is 873. The van der Waals surface area contributed by atoms with E-state index in [0.717, 1.165) is 5.56 Å². The van der Waals surface area contributed by atoms with Gasteiger partial charge >= 0.3 is 5.97 Å². The van der Waals surface area contributed by atoms with Crippen molar-refractivity contribution in [1.82, 2.24) is 0 Å². The molecule has 0 saturated carbocycles. The number of rotatable bonds is 6. The van der Waals surface area contributed by atoms with E-state index in [9.17, 15) is 4.79 Å². The quantitative estimate of drug-likeness (QED) is 0.361. The maximum atomic E-state index is 11.6. The van der Waals surface area contributed by atoms with E-state index in [1.165, 1.54) is 21.5 Å². The van der Waals surface area contributed by atoms with Crippen LogP contribution in [0.4, 0.5) is 0 Å². The number of ether oxygens (including phenoxy) is 2. The van der Waals surface area contributed by atoms with E-state index in [-0.39, 0.29) is 12.1 Å². The summed E-state index contributed by atoms with van der Waals surface area (Å²) in [6.45, 7) is 7.86. The molecule has 25 heavy (non-hydrogen) atoms. The Labute approximate surface area is 147 Å². The number of benzene rings is 3. The fraction of sp³-hybridized carbons (Fsp3) is 0.227. The van der Waals surface area contributed by atoms with E-state index in [0.29, 0.717) is 18.8 Å². The van der Waals surface area contributed by atoms with Crippen molar-refractivity contribution < 1.29 is 14.3 Å². The van der Waals surface area contributed by atoms with E-state index in [1.54, 1.807) is 6.92 Å². The largest absolute Gasteiger partial charge is 0.457 e. The first-order chi connectivity index (χ1) is 12.1. The summed E-state index contributed by atoms with van der Waals surface area (Å²) >= 11 is 0. The summed E-state index contributed by atoms with van der Waals surface area (Å²) in [5, 5.41) is 4.77. The molecule has 0 aliphatic rings. The standard InChI is InChI=1S/C22H22O3/c1-15(2)22(23)25-16(3)13-24-14-21-19-10-6-4-8-17(19)12-18-9-5-7-11-20(18)21/h4-12,16H,1,13-14H2,2-3H3. The summed E-state index contributed by atoms with van der Waals surface area (Å²) in [4.78, 5) is 11.6. The van der Waals surface area contributed by atoms with Gasteiger partial charge in [-0.25, -0.2) is 4.79 Å². The van der Waals surface area contributed by atoms with Gasteiger partial charge in [-0.15, -0.1) is 0 Å². The Kier molecular flexibility index (Phi) is 5.15. The summed E-state index contributed by atoms with van der Waals surface area (Å²) in [6, 6.07) is 18.8. The van der Waals surface area contributed by atoms with Crippen molar-refractivity contribution in [3.8, 4) is 0 Å². The number of fused-ring (bicyclic) bond motifs is 2. The van der Waals surface area contributed by atoms with E-state index in [1.807, 2.05) is 31.2 Å². The Morgan fingerprint density at radius 2 is 1.60 bits per heavy atom. The van der Waals surface area contributed by atoms with Crippen molar-refractivity contribution in [1.29, 1.82) is 0 Å². The zero-order valence-corrected chi connectivity index (χ0v) is 14.6. The summed E-state index contributed by atoms with van der Waals surface area (Å²) in [6.07, 6.45) is -0.314. The van der Waals surface area contributed by atoms with Crippen molar-refractivity contribution in [3.63, 3.8) is 0 Å². The van der Waals surface area contributed by atoms with Gasteiger partial charge in [0, 0.05) is 5.57 Å². The lowest BCUT2D eigenvalue weighted by atomic mass is 9.97. The summed E-state index contributed by atoms with van der Waals surface area (Å²) in [7, 11) is 0. The van der Waals surface area contributed by atoms with Crippen LogP contribution in [-0.2, 0) is 20.9 Å². The normalized spacial score (nSPS) is 12.2. The van der Waals surface area contributed by atoms with Crippen LogP contribution in [-0.4, -0.2) is 18.7 Å². The molecule has 3 rings (SSSR count). The van der Waals surface area contributed by atoms with Gasteiger partial charge in [0.25, 0.3) is 0 Å². The molecule has 128 valence electrons. The predicted molar refractivity (Wildman–Crippen MR) is 101 cm³/mol. The highest BCUT2D eigenvalue weighted by Crippen LogP contribution is 2.29. The van der Waals surface area contributed by atoms with E-state index < -0.39 is 0 Å². The van der Waals surface area contributed by atoms with Gasteiger partial charge in [-0.2, -0.15) is 0 Å². The smallest absolute Gasteiger partial charge is 0.333 e. The van der Waals surface area contributed by atoms with E-state index in [2.05, 4.69) is 36.9 Å². The van der Waals surface area contributed by atoms with Crippen LogP contribution in [0.5, 0.6) is 0 Å². The first-order valence-electron chi connectivity index (χ1n) is 8.40. The lowest BCUT2D eigenvalue weighted by molar-refractivity contribution is -0.146. The zero-order valence-electron chi connectivity index (χ0n) is 14.6. The van der Waals surface area contributed by atoms with Crippen LogP contribution in [0.3, 0.4) is 0 Å². The third-order valence-corrected chi connectivity index (χ3v) is 4.14. The van der Waals surface area contributed by atoms with Crippen molar-refractivity contribution in [2.24, 2.45) is 0 Å². The van der Waals surface area contributed by atoms with Gasteiger partial charge in [-0.1, -0.05) is 55.1 Å². The minimum absolute atomic E-state index is 0.314. The minimum Gasteiger partial charge on any atom is -0.457 e. The van der Waals surface area contributed by atoms with Crippen LogP contribution < -0.4 is 0 Å². The second-order valence-electron chi connectivity index (χ2n) is 6.31. The van der Waals surface area contributed by atoms with Gasteiger partial charge in [0.15, 0.2) is 0 Å². The molecule has 3 aromatic carbocycles. The molecule has 0 bridgehead atoms. The molecule has 1 atom stereocenters. The first-order valence-corrected chi connectivity index (χ1v) is 8.40. The van der Waals surface area contributed by atoms with E-state index in [4.69, 9.17) is 9.47 Å². The highest BCUT2D eigenvalue weighted by atomic mass is 16.6. The van der Waals surface area contributed by atoms with Gasteiger partial charge in [0.2, 0.25) is 0 Å². The van der Waals surface area contributed by atoms with Crippen LogP contribution >= 0.6 is 0 Å². The number of carbonyl (C=O) groups excluding carboxylic acids is 1. The summed E-state index contributed by atoms with van der Waals surface area (Å²) in [5.41, 5.74) is 1.55. The number of hydrogen-bond acceptors (Lipinski definition) is 3.